The highest BCUT2D eigenvalue weighted by atomic mass is 16.5. The summed E-state index contributed by atoms with van der Waals surface area (Å²) in [6.45, 7) is 3.30. The quantitative estimate of drug-likeness (QED) is 0.759. The molecule has 0 saturated heterocycles. The summed E-state index contributed by atoms with van der Waals surface area (Å²) >= 11 is 0. The molecule has 2 aromatic carbocycles. The molecular formula is C19H21N3O2. The minimum absolute atomic E-state index is 0.0182. The molecule has 3 rings (SSSR count). The Morgan fingerprint density at radius 2 is 1.92 bits per heavy atom. The maximum absolute atomic E-state index is 12.2. The Balaban J connectivity index is 1.65. The predicted molar refractivity (Wildman–Crippen MR) is 94.0 cm³/mol. The van der Waals surface area contributed by atoms with E-state index in [1.807, 2.05) is 47.1 Å². The Hall–Kier alpha value is -2.82. The molecule has 1 heterocycles. The second-order valence-electron chi connectivity index (χ2n) is 5.58. The van der Waals surface area contributed by atoms with E-state index in [2.05, 4.69) is 23.4 Å². The van der Waals surface area contributed by atoms with Crippen molar-refractivity contribution in [1.29, 1.82) is 0 Å². The van der Waals surface area contributed by atoms with E-state index in [0.717, 1.165) is 34.5 Å². The fourth-order valence-corrected chi connectivity index (χ4v) is 2.74. The Morgan fingerprint density at radius 3 is 2.62 bits per heavy atom. The molecule has 124 valence electrons. The lowest BCUT2D eigenvalue weighted by Crippen LogP contribution is -2.24. The fourth-order valence-electron chi connectivity index (χ4n) is 2.74. The number of hydrogen-bond acceptors (Lipinski definition) is 3. The molecule has 5 nitrogen and oxygen atoms in total. The zero-order valence-electron chi connectivity index (χ0n) is 14.0. The number of nitrogens with one attached hydrogen (secondary N) is 1. The zero-order valence-corrected chi connectivity index (χ0v) is 14.0. The molecule has 1 aromatic heterocycles. The van der Waals surface area contributed by atoms with Gasteiger partial charge in [0.15, 0.2) is 0 Å². The average Bonchev–Trinajstić information content (AvgIpc) is 2.99. The molecule has 0 bridgehead atoms. The lowest BCUT2D eigenvalue weighted by Gasteiger charge is -2.05. The van der Waals surface area contributed by atoms with Crippen LogP contribution in [0.4, 0.5) is 0 Å². The molecule has 0 aliphatic heterocycles. The maximum Gasteiger partial charge on any atom is 0.224 e. The predicted octanol–water partition coefficient (Wildman–Crippen LogP) is 2.92. The van der Waals surface area contributed by atoms with Crippen molar-refractivity contribution in [1.82, 2.24) is 15.1 Å². The third-order valence-corrected chi connectivity index (χ3v) is 4.01. The summed E-state index contributed by atoms with van der Waals surface area (Å²) in [7, 11) is 1.63. The summed E-state index contributed by atoms with van der Waals surface area (Å²) in [6, 6.07) is 15.6. The highest BCUT2D eigenvalue weighted by Crippen LogP contribution is 2.18. The number of aryl methyl sites for hydroxylation is 1. The monoisotopic (exact) mass is 323 g/mol. The Bertz CT molecular complexity index is 837. The van der Waals surface area contributed by atoms with E-state index in [-0.39, 0.29) is 5.91 Å². The number of carbonyl (C=O) groups excluding carboxylic acids is 1. The van der Waals surface area contributed by atoms with Crippen molar-refractivity contribution in [2.75, 3.05) is 7.11 Å². The highest BCUT2D eigenvalue weighted by molar-refractivity contribution is 5.83. The molecule has 0 fully saturated rings. The molecule has 0 aliphatic rings. The molecule has 24 heavy (non-hydrogen) atoms. The lowest BCUT2D eigenvalue weighted by atomic mass is 10.1. The molecule has 3 aromatic rings. The minimum Gasteiger partial charge on any atom is -0.497 e. The largest absolute Gasteiger partial charge is 0.497 e. The van der Waals surface area contributed by atoms with Gasteiger partial charge in [0, 0.05) is 11.9 Å². The number of para-hydroxylation sites is 1. The standard InChI is InChI=1S/C19H21N3O2/c1-3-22-18-7-5-4-6-16(18)17(21-22)13-20-19(23)12-14-8-10-15(24-2)11-9-14/h4-11H,3,12-13H2,1-2H3,(H,20,23). The van der Waals surface area contributed by atoms with E-state index in [9.17, 15) is 4.79 Å². The minimum atomic E-state index is -0.0182. The molecule has 0 aliphatic carbocycles. The molecule has 1 N–H and O–H groups in total. The van der Waals surface area contributed by atoms with E-state index in [0.29, 0.717) is 13.0 Å². The number of carbonyl (C=O) groups is 1. The average molecular weight is 323 g/mol. The Morgan fingerprint density at radius 1 is 1.17 bits per heavy atom. The van der Waals surface area contributed by atoms with Gasteiger partial charge in [-0.15, -0.1) is 0 Å². The van der Waals surface area contributed by atoms with Gasteiger partial charge < -0.3 is 10.1 Å². The van der Waals surface area contributed by atoms with Crippen LogP contribution in [0, 0.1) is 0 Å². The van der Waals surface area contributed by atoms with Gasteiger partial charge in [-0.2, -0.15) is 5.10 Å². The van der Waals surface area contributed by atoms with Crippen LogP contribution in [-0.4, -0.2) is 22.8 Å². The van der Waals surface area contributed by atoms with Crippen molar-refractivity contribution >= 4 is 16.8 Å². The molecule has 0 saturated carbocycles. The molecule has 0 spiro atoms. The number of benzene rings is 2. The van der Waals surface area contributed by atoms with Crippen molar-refractivity contribution in [3.63, 3.8) is 0 Å². The third kappa shape index (κ3) is 3.40. The van der Waals surface area contributed by atoms with E-state index < -0.39 is 0 Å². The van der Waals surface area contributed by atoms with Crippen LogP contribution >= 0.6 is 0 Å². The number of rotatable bonds is 6. The van der Waals surface area contributed by atoms with Crippen molar-refractivity contribution in [3.05, 3.63) is 59.8 Å². The third-order valence-electron chi connectivity index (χ3n) is 4.01. The molecule has 1 amide bonds. The normalized spacial score (nSPS) is 10.8. The van der Waals surface area contributed by atoms with Crippen LogP contribution in [0.5, 0.6) is 5.75 Å². The number of fused-ring (bicyclic) bond motifs is 1. The van der Waals surface area contributed by atoms with Gasteiger partial charge in [0.1, 0.15) is 5.75 Å². The first kappa shape index (κ1) is 16.1. The van der Waals surface area contributed by atoms with Crippen LogP contribution in [0.25, 0.3) is 10.9 Å². The summed E-state index contributed by atoms with van der Waals surface area (Å²) < 4.78 is 7.08. The van der Waals surface area contributed by atoms with Gasteiger partial charge in [0.25, 0.3) is 0 Å². The summed E-state index contributed by atoms with van der Waals surface area (Å²) in [5, 5.41) is 8.64. The molecule has 5 heteroatoms. The molecule has 0 unspecified atom stereocenters. The highest BCUT2D eigenvalue weighted by Gasteiger charge is 2.10. The number of nitrogens with zero attached hydrogens (tertiary/aromatic N) is 2. The fraction of sp³-hybridized carbons (Fsp3) is 0.263. The van der Waals surface area contributed by atoms with Crippen molar-refractivity contribution in [2.45, 2.75) is 26.4 Å². The van der Waals surface area contributed by atoms with Gasteiger partial charge >= 0.3 is 0 Å². The maximum atomic E-state index is 12.2. The van der Waals surface area contributed by atoms with E-state index in [4.69, 9.17) is 4.74 Å². The summed E-state index contributed by atoms with van der Waals surface area (Å²) in [4.78, 5) is 12.2. The van der Waals surface area contributed by atoms with Crippen molar-refractivity contribution < 1.29 is 9.53 Å². The van der Waals surface area contributed by atoms with E-state index in [1.165, 1.54) is 0 Å². The zero-order chi connectivity index (χ0) is 16.9. The van der Waals surface area contributed by atoms with Crippen LogP contribution in [0.1, 0.15) is 18.2 Å². The van der Waals surface area contributed by atoms with Crippen LogP contribution in [-0.2, 0) is 24.3 Å². The van der Waals surface area contributed by atoms with Gasteiger partial charge in [0.05, 0.1) is 31.3 Å². The van der Waals surface area contributed by atoms with Gasteiger partial charge in [-0.05, 0) is 30.7 Å². The van der Waals surface area contributed by atoms with Crippen molar-refractivity contribution in [3.8, 4) is 5.75 Å². The molecule has 0 radical (unpaired) electrons. The first-order valence-corrected chi connectivity index (χ1v) is 8.05. The number of methoxy groups -OCH3 is 1. The van der Waals surface area contributed by atoms with Crippen molar-refractivity contribution in [2.24, 2.45) is 0 Å². The van der Waals surface area contributed by atoms with E-state index >= 15 is 0 Å². The first-order chi connectivity index (χ1) is 11.7. The summed E-state index contributed by atoms with van der Waals surface area (Å²) in [5.74, 6) is 0.769. The topological polar surface area (TPSA) is 56.2 Å². The molecule has 0 atom stereocenters. The van der Waals surface area contributed by atoms with Gasteiger partial charge in [-0.3, -0.25) is 9.48 Å². The summed E-state index contributed by atoms with van der Waals surface area (Å²) in [6.07, 6.45) is 0.344. The van der Waals surface area contributed by atoms with Crippen LogP contribution in [0.15, 0.2) is 48.5 Å². The van der Waals surface area contributed by atoms with E-state index in [1.54, 1.807) is 7.11 Å². The number of amides is 1. The summed E-state index contributed by atoms with van der Waals surface area (Å²) in [5.41, 5.74) is 2.95. The van der Waals surface area contributed by atoms with Crippen LogP contribution in [0.2, 0.25) is 0 Å². The number of hydrogen-bond donors (Lipinski definition) is 1. The Kier molecular flexibility index (Phi) is 4.79. The first-order valence-electron chi connectivity index (χ1n) is 8.05. The van der Waals surface area contributed by atoms with Gasteiger partial charge in [0.2, 0.25) is 5.91 Å². The second-order valence-corrected chi connectivity index (χ2v) is 5.58. The smallest absolute Gasteiger partial charge is 0.224 e. The number of ether oxygens (including phenoxy) is 1. The second kappa shape index (κ2) is 7.17. The Labute approximate surface area is 141 Å². The van der Waals surface area contributed by atoms with Crippen LogP contribution in [0.3, 0.4) is 0 Å². The van der Waals surface area contributed by atoms with Gasteiger partial charge in [-0.25, -0.2) is 0 Å². The van der Waals surface area contributed by atoms with Gasteiger partial charge in [-0.1, -0.05) is 30.3 Å². The van der Waals surface area contributed by atoms with Crippen LogP contribution < -0.4 is 10.1 Å². The SMILES string of the molecule is CCn1nc(CNC(=O)Cc2ccc(OC)cc2)c2ccccc21. The number of aromatic nitrogens is 2. The lowest BCUT2D eigenvalue weighted by molar-refractivity contribution is -0.120. The molecular weight excluding hydrogens is 302 g/mol.